The molecular formula is C10H19IN6O. The van der Waals surface area contributed by atoms with E-state index in [1.807, 2.05) is 16.4 Å². The summed E-state index contributed by atoms with van der Waals surface area (Å²) in [5.41, 5.74) is 5.92. The molecule has 1 fully saturated rings. The van der Waals surface area contributed by atoms with Crippen molar-refractivity contribution in [2.45, 2.75) is 20.0 Å². The fourth-order valence-corrected chi connectivity index (χ4v) is 1.71. The van der Waals surface area contributed by atoms with Crippen LogP contribution in [-0.4, -0.2) is 51.9 Å². The molecule has 7 nitrogen and oxygen atoms in total. The lowest BCUT2D eigenvalue weighted by Gasteiger charge is -2.27. The second-order valence-corrected chi connectivity index (χ2v) is 3.81. The molecule has 0 amide bonds. The molecule has 8 heteroatoms. The minimum absolute atomic E-state index is 0. The number of nitrogens with zero attached hydrogens (tertiary/aromatic N) is 5. The molecule has 1 aromatic heterocycles. The number of ether oxygens (including phenoxy) is 1. The van der Waals surface area contributed by atoms with E-state index in [0.29, 0.717) is 25.7 Å². The van der Waals surface area contributed by atoms with Crippen LogP contribution in [0.25, 0.3) is 0 Å². The van der Waals surface area contributed by atoms with Crippen molar-refractivity contribution in [3.8, 4) is 0 Å². The van der Waals surface area contributed by atoms with E-state index in [0.717, 1.165) is 25.5 Å². The first-order chi connectivity index (χ1) is 8.31. The molecule has 0 aliphatic carbocycles. The van der Waals surface area contributed by atoms with Gasteiger partial charge in [-0.2, -0.15) is 0 Å². The van der Waals surface area contributed by atoms with E-state index < -0.39 is 0 Å². The fourth-order valence-electron chi connectivity index (χ4n) is 1.71. The number of hydrogen-bond acceptors (Lipinski definition) is 4. The molecule has 0 saturated carbocycles. The highest BCUT2D eigenvalue weighted by Gasteiger charge is 2.12. The topological polar surface area (TPSA) is 81.6 Å². The van der Waals surface area contributed by atoms with Gasteiger partial charge in [0.05, 0.1) is 13.2 Å². The highest BCUT2D eigenvalue weighted by molar-refractivity contribution is 14.0. The zero-order chi connectivity index (χ0) is 12.1. The van der Waals surface area contributed by atoms with Gasteiger partial charge in [-0.3, -0.25) is 0 Å². The highest BCUT2D eigenvalue weighted by Crippen LogP contribution is 2.00. The number of nitrogens with two attached hydrogens (primary N) is 1. The van der Waals surface area contributed by atoms with Crippen molar-refractivity contribution in [2.75, 3.05) is 26.3 Å². The number of guanidine groups is 1. The van der Waals surface area contributed by atoms with Crippen LogP contribution in [0.4, 0.5) is 0 Å². The van der Waals surface area contributed by atoms with Gasteiger partial charge in [0.1, 0.15) is 12.9 Å². The summed E-state index contributed by atoms with van der Waals surface area (Å²) < 4.78 is 7.21. The van der Waals surface area contributed by atoms with Crippen LogP contribution in [-0.2, 0) is 17.8 Å². The van der Waals surface area contributed by atoms with Crippen molar-refractivity contribution >= 4 is 29.9 Å². The maximum atomic E-state index is 5.92. The Kier molecular flexibility index (Phi) is 6.33. The standard InChI is InChI=1S/C10H18N6O.HI/c1-2-15-8-13-14-9(15)7-12-10(11)16-3-5-17-6-4-16;/h8H,2-7H2,1H3,(H2,11,12);1H. The first-order valence-electron chi connectivity index (χ1n) is 5.80. The van der Waals surface area contributed by atoms with E-state index >= 15 is 0 Å². The number of hydrogen-bond donors (Lipinski definition) is 1. The van der Waals surface area contributed by atoms with Gasteiger partial charge >= 0.3 is 0 Å². The number of aryl methyl sites for hydroxylation is 1. The molecule has 2 N–H and O–H groups in total. The molecule has 0 atom stereocenters. The molecule has 2 heterocycles. The van der Waals surface area contributed by atoms with Gasteiger partial charge in [-0.15, -0.1) is 34.2 Å². The maximum absolute atomic E-state index is 5.92. The molecule has 1 saturated heterocycles. The molecule has 2 rings (SSSR count). The van der Waals surface area contributed by atoms with Crippen molar-refractivity contribution in [1.82, 2.24) is 19.7 Å². The lowest BCUT2D eigenvalue weighted by atomic mass is 10.4. The van der Waals surface area contributed by atoms with Crippen LogP contribution in [0.5, 0.6) is 0 Å². The van der Waals surface area contributed by atoms with Crippen molar-refractivity contribution in [3.63, 3.8) is 0 Å². The van der Waals surface area contributed by atoms with Crippen molar-refractivity contribution in [2.24, 2.45) is 10.7 Å². The Labute approximate surface area is 123 Å². The molecule has 1 aliphatic rings. The van der Waals surface area contributed by atoms with Crippen LogP contribution in [0.2, 0.25) is 0 Å². The summed E-state index contributed by atoms with van der Waals surface area (Å²) >= 11 is 0. The summed E-state index contributed by atoms with van der Waals surface area (Å²) in [5.74, 6) is 1.39. The normalized spacial score (nSPS) is 16.5. The molecule has 0 spiro atoms. The minimum Gasteiger partial charge on any atom is -0.378 e. The van der Waals surface area contributed by atoms with E-state index in [9.17, 15) is 0 Å². The molecule has 0 bridgehead atoms. The first-order valence-corrected chi connectivity index (χ1v) is 5.80. The predicted molar refractivity (Wildman–Crippen MR) is 78.8 cm³/mol. The Bertz CT molecular complexity index is 387. The van der Waals surface area contributed by atoms with Crippen molar-refractivity contribution in [3.05, 3.63) is 12.2 Å². The molecule has 0 unspecified atom stereocenters. The predicted octanol–water partition coefficient (Wildman–Crippen LogP) is 0.0629. The number of morpholine rings is 1. The Morgan fingerprint density at radius 1 is 1.50 bits per heavy atom. The van der Waals surface area contributed by atoms with E-state index in [1.54, 1.807) is 6.33 Å². The van der Waals surface area contributed by atoms with Gasteiger partial charge in [0.15, 0.2) is 11.8 Å². The molecule has 18 heavy (non-hydrogen) atoms. The quantitative estimate of drug-likeness (QED) is 0.465. The van der Waals surface area contributed by atoms with E-state index in [1.165, 1.54) is 0 Å². The number of aliphatic imine (C=N–C) groups is 1. The third-order valence-corrected chi connectivity index (χ3v) is 2.75. The Morgan fingerprint density at radius 2 is 2.22 bits per heavy atom. The molecule has 102 valence electrons. The Morgan fingerprint density at radius 3 is 2.89 bits per heavy atom. The average molecular weight is 366 g/mol. The summed E-state index contributed by atoms with van der Waals surface area (Å²) in [6.07, 6.45) is 1.70. The molecule has 1 aliphatic heterocycles. The molecule has 1 aromatic rings. The Balaban J connectivity index is 0.00000162. The van der Waals surface area contributed by atoms with Crippen molar-refractivity contribution in [1.29, 1.82) is 0 Å². The van der Waals surface area contributed by atoms with E-state index in [4.69, 9.17) is 10.5 Å². The zero-order valence-corrected chi connectivity index (χ0v) is 12.8. The van der Waals surface area contributed by atoms with E-state index in [2.05, 4.69) is 15.2 Å². The van der Waals surface area contributed by atoms with E-state index in [-0.39, 0.29) is 24.0 Å². The second-order valence-electron chi connectivity index (χ2n) is 3.81. The van der Waals surface area contributed by atoms with Crippen LogP contribution < -0.4 is 5.73 Å². The van der Waals surface area contributed by atoms with Gasteiger partial charge in [0.25, 0.3) is 0 Å². The molecule has 0 aromatic carbocycles. The number of halogens is 1. The maximum Gasteiger partial charge on any atom is 0.191 e. The number of aromatic nitrogens is 3. The lowest BCUT2D eigenvalue weighted by Crippen LogP contribution is -2.44. The van der Waals surface area contributed by atoms with Gasteiger partial charge in [-0.05, 0) is 6.92 Å². The molecule has 0 radical (unpaired) electrons. The third-order valence-electron chi connectivity index (χ3n) is 2.75. The summed E-state index contributed by atoms with van der Waals surface area (Å²) in [4.78, 5) is 6.36. The second kappa shape index (κ2) is 7.52. The van der Waals surface area contributed by atoms with Gasteiger partial charge in [-0.1, -0.05) is 0 Å². The van der Waals surface area contributed by atoms with Crippen LogP contribution >= 0.6 is 24.0 Å². The zero-order valence-electron chi connectivity index (χ0n) is 10.4. The summed E-state index contributed by atoms with van der Waals surface area (Å²) in [7, 11) is 0. The smallest absolute Gasteiger partial charge is 0.191 e. The van der Waals surface area contributed by atoms with Crippen LogP contribution in [0.1, 0.15) is 12.7 Å². The van der Waals surface area contributed by atoms with Crippen LogP contribution in [0.15, 0.2) is 11.3 Å². The Hall–Kier alpha value is -0.900. The van der Waals surface area contributed by atoms with Crippen LogP contribution in [0.3, 0.4) is 0 Å². The number of rotatable bonds is 3. The van der Waals surface area contributed by atoms with Gasteiger partial charge < -0.3 is 19.9 Å². The average Bonchev–Trinajstić information content (AvgIpc) is 2.84. The van der Waals surface area contributed by atoms with Crippen LogP contribution in [0, 0.1) is 0 Å². The molecular weight excluding hydrogens is 347 g/mol. The van der Waals surface area contributed by atoms with Gasteiger partial charge in [0, 0.05) is 19.6 Å². The largest absolute Gasteiger partial charge is 0.378 e. The lowest BCUT2D eigenvalue weighted by molar-refractivity contribution is 0.0674. The highest BCUT2D eigenvalue weighted by atomic mass is 127. The van der Waals surface area contributed by atoms with Gasteiger partial charge in [0.2, 0.25) is 0 Å². The summed E-state index contributed by atoms with van der Waals surface area (Å²) in [5, 5.41) is 7.86. The van der Waals surface area contributed by atoms with Gasteiger partial charge in [-0.25, -0.2) is 4.99 Å². The monoisotopic (exact) mass is 366 g/mol. The summed E-state index contributed by atoms with van der Waals surface area (Å²) in [6.45, 7) is 6.38. The van der Waals surface area contributed by atoms with Crippen molar-refractivity contribution < 1.29 is 4.74 Å². The fraction of sp³-hybridized carbons (Fsp3) is 0.700. The first kappa shape index (κ1) is 15.2. The summed E-state index contributed by atoms with van der Waals surface area (Å²) in [6, 6.07) is 0. The third kappa shape index (κ3) is 3.80. The minimum atomic E-state index is 0. The SMILES string of the molecule is CCn1cnnc1CN=C(N)N1CCOCC1.I.